The Hall–Kier alpha value is -2.24. The lowest BCUT2D eigenvalue weighted by Gasteiger charge is -2.34. The fraction of sp³-hybridized carbons (Fsp3) is 0.500. The number of carbonyl (C=O) groups excluding carboxylic acids is 1. The first-order valence-corrected chi connectivity index (χ1v) is 8.48. The molecule has 24 heavy (non-hydrogen) atoms. The molecule has 1 amide bonds. The second-order valence-corrected chi connectivity index (χ2v) is 6.69. The van der Waals surface area contributed by atoms with Crippen LogP contribution in [-0.2, 0) is 4.79 Å². The molecule has 2 aromatic rings. The van der Waals surface area contributed by atoms with Crippen molar-refractivity contribution in [3.8, 4) is 0 Å². The molecule has 5 nitrogen and oxygen atoms in total. The maximum Gasteiger partial charge on any atom is 0.222 e. The van der Waals surface area contributed by atoms with Crippen LogP contribution in [0.1, 0.15) is 26.7 Å². The number of hydrogen-bond donors (Lipinski definition) is 1. The number of nitrogens with zero attached hydrogens (tertiary/aromatic N) is 3. The van der Waals surface area contributed by atoms with Gasteiger partial charge in [0.05, 0.1) is 10.9 Å². The molecule has 1 atom stereocenters. The van der Waals surface area contributed by atoms with E-state index in [1.807, 2.05) is 13.8 Å². The van der Waals surface area contributed by atoms with Crippen molar-refractivity contribution in [3.05, 3.63) is 30.3 Å². The molecular formula is C18H23FN4O. The highest BCUT2D eigenvalue weighted by Crippen LogP contribution is 2.29. The van der Waals surface area contributed by atoms with Gasteiger partial charge in [-0.2, -0.15) is 0 Å². The highest BCUT2D eigenvalue weighted by molar-refractivity contribution is 5.89. The van der Waals surface area contributed by atoms with Crippen molar-refractivity contribution < 1.29 is 9.18 Å². The third-order valence-electron chi connectivity index (χ3n) is 4.50. The van der Waals surface area contributed by atoms with Gasteiger partial charge in [0.15, 0.2) is 0 Å². The molecule has 3 rings (SSSR count). The van der Waals surface area contributed by atoms with Gasteiger partial charge in [0.1, 0.15) is 18.0 Å². The Balaban J connectivity index is 1.77. The second kappa shape index (κ2) is 7.11. The summed E-state index contributed by atoms with van der Waals surface area (Å²) < 4.78 is 14.3. The molecule has 128 valence electrons. The zero-order valence-corrected chi connectivity index (χ0v) is 14.1. The quantitative estimate of drug-likeness (QED) is 0.936. The van der Waals surface area contributed by atoms with Gasteiger partial charge >= 0.3 is 0 Å². The van der Waals surface area contributed by atoms with Crippen molar-refractivity contribution in [1.82, 2.24) is 15.3 Å². The third kappa shape index (κ3) is 3.47. The standard InChI is InChI=1S/C18H23FN4O/c1-12(2)18(24)20-9-13-5-4-8-23(10-13)17-16-14(19)6-3-7-15(16)21-11-22-17/h3,6-7,11-13H,4-5,8-10H2,1-2H3,(H,20,24). The van der Waals surface area contributed by atoms with Crippen molar-refractivity contribution in [2.24, 2.45) is 11.8 Å². The lowest BCUT2D eigenvalue weighted by atomic mass is 9.97. The predicted molar refractivity (Wildman–Crippen MR) is 92.3 cm³/mol. The van der Waals surface area contributed by atoms with Gasteiger partial charge in [-0.25, -0.2) is 14.4 Å². The van der Waals surface area contributed by atoms with Crippen LogP contribution in [0.5, 0.6) is 0 Å². The first kappa shape index (κ1) is 16.6. The molecule has 1 fully saturated rings. The Morgan fingerprint density at radius 1 is 1.42 bits per heavy atom. The Morgan fingerprint density at radius 2 is 2.25 bits per heavy atom. The van der Waals surface area contributed by atoms with Gasteiger partial charge in [0, 0.05) is 25.6 Å². The summed E-state index contributed by atoms with van der Waals surface area (Å²) in [4.78, 5) is 22.4. The molecule has 1 aromatic heterocycles. The van der Waals surface area contributed by atoms with Gasteiger partial charge < -0.3 is 10.2 Å². The van der Waals surface area contributed by atoms with Crippen LogP contribution in [0.4, 0.5) is 10.2 Å². The van der Waals surface area contributed by atoms with E-state index in [1.165, 1.54) is 12.4 Å². The summed E-state index contributed by atoms with van der Waals surface area (Å²) in [5.74, 6) is 0.768. The number of anilines is 1. The summed E-state index contributed by atoms with van der Waals surface area (Å²) in [5, 5.41) is 3.48. The molecule has 1 unspecified atom stereocenters. The average Bonchev–Trinajstić information content (AvgIpc) is 2.59. The summed E-state index contributed by atoms with van der Waals surface area (Å²) in [6.07, 6.45) is 3.55. The van der Waals surface area contributed by atoms with Crippen LogP contribution in [0.15, 0.2) is 24.5 Å². The van der Waals surface area contributed by atoms with Gasteiger partial charge in [-0.3, -0.25) is 4.79 Å². The van der Waals surface area contributed by atoms with Crippen LogP contribution in [0.3, 0.4) is 0 Å². The van der Waals surface area contributed by atoms with Crippen molar-refractivity contribution in [2.45, 2.75) is 26.7 Å². The molecule has 1 aliphatic rings. The molecule has 0 saturated carbocycles. The molecule has 1 aromatic carbocycles. The first-order valence-electron chi connectivity index (χ1n) is 8.48. The molecule has 0 bridgehead atoms. The number of halogens is 1. The maximum absolute atomic E-state index is 14.3. The van der Waals surface area contributed by atoms with Gasteiger partial charge in [0.25, 0.3) is 0 Å². The lowest BCUT2D eigenvalue weighted by molar-refractivity contribution is -0.124. The third-order valence-corrected chi connectivity index (χ3v) is 4.50. The Bertz CT molecular complexity index is 729. The molecule has 0 radical (unpaired) electrons. The van der Waals surface area contributed by atoms with Crippen molar-refractivity contribution in [1.29, 1.82) is 0 Å². The minimum atomic E-state index is -0.293. The van der Waals surface area contributed by atoms with Gasteiger partial charge in [-0.1, -0.05) is 19.9 Å². The number of hydrogen-bond acceptors (Lipinski definition) is 4. The molecule has 1 saturated heterocycles. The fourth-order valence-corrected chi connectivity index (χ4v) is 3.16. The molecule has 0 spiro atoms. The van der Waals surface area contributed by atoms with Gasteiger partial charge in [-0.05, 0) is 30.9 Å². The average molecular weight is 330 g/mol. The summed E-state index contributed by atoms with van der Waals surface area (Å²) in [7, 11) is 0. The van der Waals surface area contributed by atoms with Crippen LogP contribution < -0.4 is 10.2 Å². The molecule has 0 aliphatic carbocycles. The lowest BCUT2D eigenvalue weighted by Crippen LogP contribution is -2.42. The van der Waals surface area contributed by atoms with E-state index in [0.29, 0.717) is 29.2 Å². The first-order chi connectivity index (χ1) is 11.6. The summed E-state index contributed by atoms with van der Waals surface area (Å²) in [6.45, 7) is 6.03. The van der Waals surface area contributed by atoms with Crippen molar-refractivity contribution in [3.63, 3.8) is 0 Å². The highest BCUT2D eigenvalue weighted by atomic mass is 19.1. The fourth-order valence-electron chi connectivity index (χ4n) is 3.16. The van der Waals surface area contributed by atoms with Crippen LogP contribution in [0, 0.1) is 17.7 Å². The number of nitrogens with one attached hydrogen (secondary N) is 1. The summed E-state index contributed by atoms with van der Waals surface area (Å²) in [6, 6.07) is 4.91. The summed E-state index contributed by atoms with van der Waals surface area (Å²) >= 11 is 0. The van der Waals surface area contributed by atoms with E-state index < -0.39 is 0 Å². The normalized spacial score (nSPS) is 18.2. The zero-order valence-electron chi connectivity index (χ0n) is 14.1. The van der Waals surface area contributed by atoms with E-state index in [0.717, 1.165) is 25.9 Å². The van der Waals surface area contributed by atoms with E-state index >= 15 is 0 Å². The minimum absolute atomic E-state index is 0.00963. The van der Waals surface area contributed by atoms with Crippen molar-refractivity contribution >= 4 is 22.6 Å². The zero-order chi connectivity index (χ0) is 17.1. The number of aromatic nitrogens is 2. The largest absolute Gasteiger partial charge is 0.356 e. The Morgan fingerprint density at radius 3 is 3.04 bits per heavy atom. The monoisotopic (exact) mass is 330 g/mol. The van der Waals surface area contributed by atoms with Gasteiger partial charge in [0.2, 0.25) is 5.91 Å². The topological polar surface area (TPSA) is 58.1 Å². The number of fused-ring (bicyclic) bond motifs is 1. The van der Waals surface area contributed by atoms with Crippen LogP contribution in [-0.4, -0.2) is 35.5 Å². The van der Waals surface area contributed by atoms with E-state index in [4.69, 9.17) is 0 Å². The molecule has 6 heteroatoms. The predicted octanol–water partition coefficient (Wildman–Crippen LogP) is 2.76. The SMILES string of the molecule is CC(C)C(=O)NCC1CCCN(c2ncnc3cccc(F)c23)C1. The number of benzene rings is 1. The van der Waals surface area contributed by atoms with Gasteiger partial charge in [-0.15, -0.1) is 0 Å². The van der Waals surface area contributed by atoms with Crippen LogP contribution in [0.2, 0.25) is 0 Å². The second-order valence-electron chi connectivity index (χ2n) is 6.69. The van der Waals surface area contributed by atoms with Crippen molar-refractivity contribution in [2.75, 3.05) is 24.5 Å². The number of carbonyl (C=O) groups is 1. The number of rotatable bonds is 4. The van der Waals surface area contributed by atoms with Crippen LogP contribution >= 0.6 is 0 Å². The molecule has 1 N–H and O–H groups in total. The van der Waals surface area contributed by atoms with E-state index in [2.05, 4.69) is 20.2 Å². The molecule has 1 aliphatic heterocycles. The Kier molecular flexibility index (Phi) is 4.92. The summed E-state index contributed by atoms with van der Waals surface area (Å²) in [5.41, 5.74) is 0.621. The van der Waals surface area contributed by atoms with E-state index in [9.17, 15) is 9.18 Å². The maximum atomic E-state index is 14.3. The Labute approximate surface area is 141 Å². The van der Waals surface area contributed by atoms with E-state index in [1.54, 1.807) is 12.1 Å². The highest BCUT2D eigenvalue weighted by Gasteiger charge is 2.24. The molecule has 2 heterocycles. The number of piperidine rings is 1. The van der Waals surface area contributed by atoms with Crippen LogP contribution in [0.25, 0.3) is 10.9 Å². The smallest absolute Gasteiger partial charge is 0.222 e. The number of amides is 1. The minimum Gasteiger partial charge on any atom is -0.356 e. The van der Waals surface area contributed by atoms with E-state index in [-0.39, 0.29) is 17.6 Å². The molecular weight excluding hydrogens is 307 g/mol.